The first kappa shape index (κ1) is 16.0. The van der Waals surface area contributed by atoms with Crippen molar-refractivity contribution in [3.05, 3.63) is 12.7 Å². The van der Waals surface area contributed by atoms with Crippen molar-refractivity contribution in [2.45, 2.75) is 0 Å². The average Bonchev–Trinajstić information content (AvgIpc) is 2.12. The Hall–Kier alpha value is -0.970. The van der Waals surface area contributed by atoms with Gasteiger partial charge in [0.25, 0.3) is 0 Å². The van der Waals surface area contributed by atoms with Gasteiger partial charge in [-0.05, 0) is 6.08 Å². The van der Waals surface area contributed by atoms with Crippen molar-refractivity contribution >= 4 is 26.0 Å². The number of hydrogen-bond donors (Lipinski definition) is 2. The minimum absolute atomic E-state index is 0.181. The molecule has 2 N–H and O–H groups in total. The molecule has 0 atom stereocenters. The zero-order chi connectivity index (χ0) is 13.5. The molecule has 0 unspecified atom stereocenters. The highest BCUT2D eigenvalue weighted by Crippen LogP contribution is 1.88. The van der Waals surface area contributed by atoms with Crippen LogP contribution in [0.4, 0.5) is 0 Å². The zero-order valence-corrected chi connectivity index (χ0v) is 10.8. The molecule has 0 aromatic carbocycles. The van der Waals surface area contributed by atoms with Gasteiger partial charge in [-0.2, -0.15) is 0 Å². The van der Waals surface area contributed by atoms with Crippen LogP contribution in [0.3, 0.4) is 0 Å². The first-order valence-electron chi connectivity index (χ1n) is 4.35. The molecule has 1 amide bonds. The summed E-state index contributed by atoms with van der Waals surface area (Å²) in [7, 11) is -7.76. The summed E-state index contributed by atoms with van der Waals surface area (Å²) >= 11 is 0. The van der Waals surface area contributed by atoms with Crippen molar-refractivity contribution in [1.29, 1.82) is 0 Å². The molecule has 8 nitrogen and oxygen atoms in total. The predicted molar refractivity (Wildman–Crippen MR) is 60.9 cm³/mol. The smallest absolute Gasteiger partial charge is 0.245 e. The minimum Gasteiger partial charge on any atom is -0.360 e. The van der Waals surface area contributed by atoms with E-state index in [2.05, 4.69) is 11.9 Å². The topological polar surface area (TPSA) is 119 Å². The highest BCUT2D eigenvalue weighted by atomic mass is 32.3. The van der Waals surface area contributed by atoms with Crippen LogP contribution in [0.15, 0.2) is 12.7 Å². The Labute approximate surface area is 100 Å². The van der Waals surface area contributed by atoms with Gasteiger partial charge in [-0.3, -0.25) is 4.79 Å². The molecular weight excluding hydrogens is 272 g/mol. The molecule has 0 aliphatic heterocycles. The van der Waals surface area contributed by atoms with Gasteiger partial charge in [0.2, 0.25) is 26.0 Å². The van der Waals surface area contributed by atoms with Crippen molar-refractivity contribution in [2.24, 2.45) is 0 Å². The van der Waals surface area contributed by atoms with Gasteiger partial charge in [-0.15, -0.1) is 4.13 Å². The first-order valence-corrected chi connectivity index (χ1v) is 7.90. The fourth-order valence-corrected chi connectivity index (χ4v) is 3.22. The molecule has 0 fully saturated rings. The Morgan fingerprint density at radius 3 is 2.41 bits per heavy atom. The summed E-state index contributed by atoms with van der Waals surface area (Å²) in [6.07, 6.45) is 1.76. The van der Waals surface area contributed by atoms with Crippen LogP contribution in [0.5, 0.6) is 0 Å². The van der Waals surface area contributed by atoms with E-state index in [1.807, 2.05) is 0 Å². The molecule has 0 aromatic rings. The summed E-state index contributed by atoms with van der Waals surface area (Å²) in [5.41, 5.74) is 0. The monoisotopic (exact) mass is 286 g/mol. The number of amides is 1. The Morgan fingerprint density at radius 1 is 1.35 bits per heavy atom. The van der Waals surface area contributed by atoms with Crippen LogP contribution in [0.25, 0.3) is 0 Å². The Morgan fingerprint density at radius 2 is 1.94 bits per heavy atom. The van der Waals surface area contributed by atoms with E-state index in [4.69, 9.17) is 4.74 Å². The van der Waals surface area contributed by atoms with E-state index in [0.29, 0.717) is 0 Å². The maximum absolute atomic E-state index is 11.1. The van der Waals surface area contributed by atoms with E-state index >= 15 is 0 Å². The summed E-state index contributed by atoms with van der Waals surface area (Å²) < 4.78 is 49.8. The van der Waals surface area contributed by atoms with E-state index in [1.54, 1.807) is 0 Å². The van der Waals surface area contributed by atoms with Gasteiger partial charge in [0.1, 0.15) is 6.73 Å². The van der Waals surface area contributed by atoms with Crippen LogP contribution in [0.1, 0.15) is 0 Å². The number of nitrogens with one attached hydrogen (secondary N) is 2. The number of sulfonamides is 2. The number of rotatable bonds is 8. The van der Waals surface area contributed by atoms with Crippen molar-refractivity contribution in [2.75, 3.05) is 25.3 Å². The van der Waals surface area contributed by atoms with Crippen molar-refractivity contribution in [3.8, 4) is 0 Å². The summed E-state index contributed by atoms with van der Waals surface area (Å²) in [5, 5.41) is 2.25. The molecule has 0 radical (unpaired) electrons. The van der Waals surface area contributed by atoms with E-state index in [9.17, 15) is 21.6 Å². The van der Waals surface area contributed by atoms with Crippen LogP contribution >= 0.6 is 0 Å². The lowest BCUT2D eigenvalue weighted by Gasteiger charge is -2.06. The lowest BCUT2D eigenvalue weighted by atomic mass is 10.6. The molecule has 100 valence electrons. The normalized spacial score (nSPS) is 12.1. The third kappa shape index (κ3) is 9.93. The molecule has 0 bridgehead atoms. The Kier molecular flexibility index (Phi) is 6.31. The fourth-order valence-electron chi connectivity index (χ4n) is 0.707. The summed E-state index contributed by atoms with van der Waals surface area (Å²) in [5.74, 6) is -0.980. The minimum atomic E-state index is -3.94. The van der Waals surface area contributed by atoms with E-state index < -0.39 is 31.7 Å². The molecule has 0 aliphatic rings. The van der Waals surface area contributed by atoms with Crippen LogP contribution in [0, 0.1) is 0 Å². The van der Waals surface area contributed by atoms with Gasteiger partial charge in [0.15, 0.2) is 0 Å². The van der Waals surface area contributed by atoms with E-state index in [0.717, 1.165) is 12.3 Å². The second-order valence-electron chi connectivity index (χ2n) is 2.97. The van der Waals surface area contributed by atoms with Crippen LogP contribution in [-0.2, 0) is 29.6 Å². The van der Waals surface area contributed by atoms with Crippen molar-refractivity contribution < 1.29 is 26.4 Å². The lowest BCUT2D eigenvalue weighted by Crippen LogP contribution is -2.33. The molecular formula is C7H14N2O6S2. The summed E-state index contributed by atoms with van der Waals surface area (Å²) in [6.45, 7) is 2.77. The molecule has 0 saturated carbocycles. The molecule has 0 heterocycles. The molecule has 10 heteroatoms. The predicted octanol–water partition coefficient (Wildman–Crippen LogP) is -1.86. The van der Waals surface area contributed by atoms with Gasteiger partial charge in [-0.1, -0.05) is 6.58 Å². The quantitative estimate of drug-likeness (QED) is 0.307. The van der Waals surface area contributed by atoms with Crippen LogP contribution in [0.2, 0.25) is 0 Å². The third-order valence-electron chi connectivity index (χ3n) is 1.31. The first-order chi connectivity index (χ1) is 7.66. The SMILES string of the molecule is C=CC(=O)NCOCCS(=O)(=O)NS(C)(=O)=O. The third-order valence-corrected chi connectivity index (χ3v) is 4.24. The standard InChI is InChI=1S/C7H14N2O6S2/c1-3-7(10)8-6-15-4-5-17(13,14)9-16(2,11)12/h3,9H,1,4-6H2,2H3,(H,8,10). The van der Waals surface area contributed by atoms with Crippen molar-refractivity contribution in [3.63, 3.8) is 0 Å². The maximum atomic E-state index is 11.1. The highest BCUT2D eigenvalue weighted by Gasteiger charge is 2.15. The maximum Gasteiger partial charge on any atom is 0.245 e. The molecule has 0 aliphatic carbocycles. The van der Waals surface area contributed by atoms with Crippen LogP contribution < -0.4 is 9.44 Å². The van der Waals surface area contributed by atoms with Gasteiger partial charge in [0, 0.05) is 0 Å². The number of hydrogen-bond acceptors (Lipinski definition) is 6. The largest absolute Gasteiger partial charge is 0.360 e. The average molecular weight is 286 g/mol. The van der Waals surface area contributed by atoms with Gasteiger partial charge >= 0.3 is 0 Å². The van der Waals surface area contributed by atoms with Gasteiger partial charge in [-0.25, -0.2) is 16.8 Å². The zero-order valence-electron chi connectivity index (χ0n) is 9.17. The second kappa shape index (κ2) is 6.69. The summed E-state index contributed by atoms with van der Waals surface area (Å²) in [4.78, 5) is 10.6. The molecule has 0 saturated heterocycles. The van der Waals surface area contributed by atoms with E-state index in [-0.39, 0.29) is 13.3 Å². The Balaban J connectivity index is 3.89. The fraction of sp³-hybridized carbons (Fsp3) is 0.571. The van der Waals surface area contributed by atoms with Crippen LogP contribution in [-0.4, -0.2) is 48.1 Å². The second-order valence-corrected chi connectivity index (χ2v) is 6.82. The van der Waals surface area contributed by atoms with Crippen molar-refractivity contribution in [1.82, 2.24) is 9.44 Å². The lowest BCUT2D eigenvalue weighted by molar-refractivity contribution is -0.118. The molecule has 0 rings (SSSR count). The highest BCUT2D eigenvalue weighted by molar-refractivity contribution is 8.04. The van der Waals surface area contributed by atoms with Gasteiger partial charge in [0.05, 0.1) is 18.6 Å². The van der Waals surface area contributed by atoms with E-state index in [1.165, 1.54) is 4.13 Å². The van der Waals surface area contributed by atoms with Gasteiger partial charge < -0.3 is 10.1 Å². The summed E-state index contributed by atoms with van der Waals surface area (Å²) in [6, 6.07) is 0. The number of ether oxygens (including phenoxy) is 1. The molecule has 0 aromatic heterocycles. The number of carbonyl (C=O) groups is 1. The Bertz CT molecular complexity index is 467. The molecule has 17 heavy (non-hydrogen) atoms. The number of carbonyl (C=O) groups excluding carboxylic acids is 1. The molecule has 0 spiro atoms.